The van der Waals surface area contributed by atoms with Gasteiger partial charge in [-0.3, -0.25) is 9.99 Å². The van der Waals surface area contributed by atoms with E-state index in [-0.39, 0.29) is 12.1 Å². The number of benzene rings is 2. The molecule has 1 N–H and O–H groups in total. The van der Waals surface area contributed by atoms with Crippen LogP contribution in [0.3, 0.4) is 0 Å². The van der Waals surface area contributed by atoms with E-state index in [0.717, 1.165) is 12.1 Å². The van der Waals surface area contributed by atoms with E-state index < -0.39 is 0 Å². The van der Waals surface area contributed by atoms with Crippen LogP contribution in [0.15, 0.2) is 72.9 Å². The molecular formula is C25H28N4O. The van der Waals surface area contributed by atoms with Gasteiger partial charge in [-0.2, -0.15) is 0 Å². The molecule has 0 aliphatic carbocycles. The second kappa shape index (κ2) is 9.09. The number of rotatable bonds is 7. The highest BCUT2D eigenvalue weighted by atomic mass is 16.2. The molecule has 5 heteroatoms. The van der Waals surface area contributed by atoms with Gasteiger partial charge in [0.25, 0.3) is 0 Å². The first-order valence-electron chi connectivity index (χ1n) is 10.4. The summed E-state index contributed by atoms with van der Waals surface area (Å²) in [5.41, 5.74) is 9.07. The van der Waals surface area contributed by atoms with Crippen molar-refractivity contribution in [2.75, 3.05) is 13.1 Å². The third-order valence-corrected chi connectivity index (χ3v) is 5.61. The average Bonchev–Trinajstić information content (AvgIpc) is 3.08. The summed E-state index contributed by atoms with van der Waals surface area (Å²) in [5, 5.41) is 1.73. The fourth-order valence-corrected chi connectivity index (χ4v) is 3.78. The smallest absolute Gasteiger partial charge is 0.314 e. The molecule has 0 unspecified atom stereocenters. The molecular weight excluding hydrogens is 372 g/mol. The lowest BCUT2D eigenvalue weighted by atomic mass is 10.0. The van der Waals surface area contributed by atoms with Gasteiger partial charge >= 0.3 is 6.03 Å². The zero-order valence-electron chi connectivity index (χ0n) is 17.6. The largest absolute Gasteiger partial charge is 0.335 e. The van der Waals surface area contributed by atoms with Crippen molar-refractivity contribution in [2.24, 2.45) is 0 Å². The Morgan fingerprint density at radius 2 is 1.67 bits per heavy atom. The standard InChI is InChI=1S/C25H28N4O/c1-19-6-10-21(11-7-19)14-16-28-24(22-12-8-20(2)9-13-22)18-29(25(28)30)27-17-23-5-3-4-15-26-23/h3-13,15,24,27H,14,16-18H2,1-2H3/t24-/m1/s1. The maximum Gasteiger partial charge on any atom is 0.335 e. The summed E-state index contributed by atoms with van der Waals surface area (Å²) in [5.74, 6) is 0. The van der Waals surface area contributed by atoms with Crippen molar-refractivity contribution in [1.29, 1.82) is 0 Å². The lowest BCUT2D eigenvalue weighted by Gasteiger charge is -2.23. The van der Waals surface area contributed by atoms with Gasteiger partial charge in [-0.15, -0.1) is 0 Å². The van der Waals surface area contributed by atoms with Crippen LogP contribution in [-0.4, -0.2) is 34.0 Å². The number of hydrogen-bond acceptors (Lipinski definition) is 3. The van der Waals surface area contributed by atoms with Crippen LogP contribution in [0, 0.1) is 13.8 Å². The quantitative estimate of drug-likeness (QED) is 0.638. The highest BCUT2D eigenvalue weighted by Crippen LogP contribution is 2.29. The number of aromatic nitrogens is 1. The summed E-state index contributed by atoms with van der Waals surface area (Å²) in [6, 6.07) is 22.9. The van der Waals surface area contributed by atoms with E-state index in [2.05, 4.69) is 72.8 Å². The SMILES string of the molecule is Cc1ccc(CCN2C(=O)N(NCc3ccccn3)C[C@@H]2c2ccc(C)cc2)cc1. The summed E-state index contributed by atoms with van der Waals surface area (Å²) in [4.78, 5) is 19.5. The van der Waals surface area contributed by atoms with Gasteiger partial charge in [-0.1, -0.05) is 65.7 Å². The topological polar surface area (TPSA) is 48.5 Å². The molecule has 0 spiro atoms. The van der Waals surface area contributed by atoms with E-state index in [4.69, 9.17) is 0 Å². The molecule has 154 valence electrons. The number of urea groups is 1. The van der Waals surface area contributed by atoms with Crippen LogP contribution in [-0.2, 0) is 13.0 Å². The number of nitrogens with zero attached hydrogens (tertiary/aromatic N) is 3. The summed E-state index contributed by atoms with van der Waals surface area (Å²) < 4.78 is 0. The predicted octanol–water partition coefficient (Wildman–Crippen LogP) is 4.42. The molecule has 1 aromatic heterocycles. The Hall–Kier alpha value is -3.18. The maximum atomic E-state index is 13.2. The molecule has 0 saturated carbocycles. The first kappa shape index (κ1) is 20.1. The fourth-order valence-electron chi connectivity index (χ4n) is 3.78. The monoisotopic (exact) mass is 400 g/mol. The number of hydrazine groups is 1. The van der Waals surface area contributed by atoms with Crippen molar-refractivity contribution in [3.05, 3.63) is 101 Å². The molecule has 30 heavy (non-hydrogen) atoms. The van der Waals surface area contributed by atoms with Crippen LogP contribution >= 0.6 is 0 Å². The van der Waals surface area contributed by atoms with Gasteiger partial charge in [-0.05, 0) is 43.5 Å². The highest BCUT2D eigenvalue weighted by Gasteiger charge is 2.37. The zero-order valence-corrected chi connectivity index (χ0v) is 17.6. The summed E-state index contributed by atoms with van der Waals surface area (Å²) in [6.07, 6.45) is 2.61. The molecule has 2 amide bonds. The van der Waals surface area contributed by atoms with E-state index in [9.17, 15) is 4.79 Å². The van der Waals surface area contributed by atoms with Gasteiger partial charge in [0, 0.05) is 12.7 Å². The van der Waals surface area contributed by atoms with Crippen molar-refractivity contribution in [3.8, 4) is 0 Å². The molecule has 1 saturated heterocycles. The predicted molar refractivity (Wildman–Crippen MR) is 119 cm³/mol. The Bertz CT molecular complexity index is 970. The number of carbonyl (C=O) groups excluding carboxylic acids is 1. The van der Waals surface area contributed by atoms with Crippen molar-refractivity contribution < 1.29 is 4.79 Å². The first-order chi connectivity index (χ1) is 14.6. The lowest BCUT2D eigenvalue weighted by molar-refractivity contribution is 0.171. The Morgan fingerprint density at radius 1 is 0.967 bits per heavy atom. The Kier molecular flexibility index (Phi) is 6.10. The number of aryl methyl sites for hydroxylation is 2. The third kappa shape index (κ3) is 4.69. The summed E-state index contributed by atoms with van der Waals surface area (Å²) >= 11 is 0. The van der Waals surface area contributed by atoms with Crippen molar-refractivity contribution in [3.63, 3.8) is 0 Å². The van der Waals surface area contributed by atoms with E-state index in [1.54, 1.807) is 11.2 Å². The molecule has 5 nitrogen and oxygen atoms in total. The minimum atomic E-state index is 0.0172. The third-order valence-electron chi connectivity index (χ3n) is 5.61. The number of nitrogens with one attached hydrogen (secondary N) is 1. The van der Waals surface area contributed by atoms with Crippen molar-refractivity contribution >= 4 is 6.03 Å². The molecule has 4 rings (SSSR count). The van der Waals surface area contributed by atoms with Crippen LogP contribution < -0.4 is 5.43 Å². The maximum absolute atomic E-state index is 13.2. The van der Waals surface area contributed by atoms with E-state index >= 15 is 0 Å². The second-order valence-electron chi connectivity index (χ2n) is 7.90. The Labute approximate surface area is 178 Å². The number of pyridine rings is 1. The number of carbonyl (C=O) groups is 1. The Balaban J connectivity index is 1.49. The molecule has 0 radical (unpaired) electrons. The van der Waals surface area contributed by atoms with E-state index in [1.807, 2.05) is 23.1 Å². The summed E-state index contributed by atoms with van der Waals surface area (Å²) in [6.45, 7) is 6.00. The molecule has 1 atom stereocenters. The fraction of sp³-hybridized carbons (Fsp3) is 0.280. The second-order valence-corrected chi connectivity index (χ2v) is 7.90. The lowest BCUT2D eigenvalue weighted by Crippen LogP contribution is -2.41. The molecule has 1 aliphatic heterocycles. The normalized spacial score (nSPS) is 16.3. The molecule has 0 bridgehead atoms. The van der Waals surface area contributed by atoms with Crippen LogP contribution in [0.4, 0.5) is 4.79 Å². The van der Waals surface area contributed by atoms with Gasteiger partial charge in [-0.25, -0.2) is 10.2 Å². The van der Waals surface area contributed by atoms with Crippen LogP contribution in [0.5, 0.6) is 0 Å². The van der Waals surface area contributed by atoms with Gasteiger partial charge in [0.2, 0.25) is 0 Å². The summed E-state index contributed by atoms with van der Waals surface area (Å²) in [7, 11) is 0. The Morgan fingerprint density at radius 3 is 2.33 bits per heavy atom. The molecule has 2 aromatic carbocycles. The average molecular weight is 401 g/mol. The van der Waals surface area contributed by atoms with Crippen molar-refractivity contribution in [2.45, 2.75) is 32.9 Å². The molecule has 1 aliphatic rings. The molecule has 3 aromatic rings. The molecule has 1 fully saturated rings. The van der Waals surface area contributed by atoms with Crippen LogP contribution in [0.25, 0.3) is 0 Å². The number of hydrogen-bond donors (Lipinski definition) is 1. The zero-order chi connectivity index (χ0) is 20.9. The van der Waals surface area contributed by atoms with Gasteiger partial charge in [0.15, 0.2) is 0 Å². The van der Waals surface area contributed by atoms with Gasteiger partial charge in [0.1, 0.15) is 0 Å². The first-order valence-corrected chi connectivity index (χ1v) is 10.4. The van der Waals surface area contributed by atoms with Gasteiger partial charge < -0.3 is 4.90 Å². The van der Waals surface area contributed by atoms with Gasteiger partial charge in [0.05, 0.1) is 24.8 Å². The minimum Gasteiger partial charge on any atom is -0.314 e. The van der Waals surface area contributed by atoms with E-state index in [0.29, 0.717) is 19.6 Å². The molecule has 2 heterocycles. The van der Waals surface area contributed by atoms with Crippen LogP contribution in [0.2, 0.25) is 0 Å². The number of amides is 2. The van der Waals surface area contributed by atoms with Crippen molar-refractivity contribution in [1.82, 2.24) is 20.3 Å². The highest BCUT2D eigenvalue weighted by molar-refractivity contribution is 5.77. The van der Waals surface area contributed by atoms with E-state index in [1.165, 1.54) is 22.3 Å². The minimum absolute atomic E-state index is 0.0172. The van der Waals surface area contributed by atoms with Crippen LogP contribution in [0.1, 0.15) is 34.0 Å².